The molecule has 4 aromatic rings. The fourth-order valence-electron chi connectivity index (χ4n) is 3.38. The number of nitrogens with zero attached hydrogens (tertiary/aromatic N) is 2. The number of benzene rings is 3. The van der Waals surface area contributed by atoms with Gasteiger partial charge in [-0.25, -0.2) is 4.98 Å². The van der Waals surface area contributed by atoms with Gasteiger partial charge in [0.25, 0.3) is 0 Å². The fraction of sp³-hybridized carbons (Fsp3) is 0.208. The molecule has 1 atom stereocenters. The Labute approximate surface area is 170 Å². The van der Waals surface area contributed by atoms with Crippen LogP contribution in [0.15, 0.2) is 78.9 Å². The van der Waals surface area contributed by atoms with Crippen molar-refractivity contribution in [2.45, 2.75) is 18.9 Å². The maximum absolute atomic E-state index is 10.5. The van der Waals surface area contributed by atoms with Crippen LogP contribution in [0.2, 0.25) is 0 Å². The highest BCUT2D eigenvalue weighted by Gasteiger charge is 2.14. The van der Waals surface area contributed by atoms with E-state index in [-0.39, 0.29) is 6.61 Å². The lowest BCUT2D eigenvalue weighted by molar-refractivity contribution is 0.0286. The monoisotopic (exact) mass is 388 g/mol. The molecule has 0 bridgehead atoms. The Morgan fingerprint density at radius 3 is 2.52 bits per heavy atom. The maximum atomic E-state index is 10.5. The molecule has 3 aromatic carbocycles. The largest absolute Gasteiger partial charge is 0.497 e. The third kappa shape index (κ3) is 4.58. The highest BCUT2D eigenvalue weighted by atomic mass is 16.7. The van der Waals surface area contributed by atoms with Gasteiger partial charge in [0.1, 0.15) is 17.9 Å². The molecule has 5 heteroatoms. The Bertz CT molecular complexity index is 1080. The molecular formula is C24H24N2O3. The van der Waals surface area contributed by atoms with Gasteiger partial charge in [0.15, 0.2) is 5.82 Å². The van der Waals surface area contributed by atoms with Crippen molar-refractivity contribution in [2.24, 2.45) is 0 Å². The first-order valence-electron chi connectivity index (χ1n) is 9.67. The van der Waals surface area contributed by atoms with Gasteiger partial charge in [-0.1, -0.05) is 54.6 Å². The normalized spacial score (nSPS) is 12.1. The first-order chi connectivity index (χ1) is 14.2. The Morgan fingerprint density at radius 2 is 1.69 bits per heavy atom. The van der Waals surface area contributed by atoms with Gasteiger partial charge in [0, 0.05) is 12.8 Å². The van der Waals surface area contributed by atoms with Crippen molar-refractivity contribution < 1.29 is 14.7 Å². The molecule has 0 saturated carbocycles. The zero-order valence-electron chi connectivity index (χ0n) is 16.4. The number of fused-ring (bicyclic) bond motifs is 1. The fourth-order valence-corrected chi connectivity index (χ4v) is 3.38. The van der Waals surface area contributed by atoms with E-state index < -0.39 is 6.10 Å². The summed E-state index contributed by atoms with van der Waals surface area (Å²) in [5.74, 6) is 1.59. The van der Waals surface area contributed by atoms with Crippen molar-refractivity contribution in [1.82, 2.24) is 9.71 Å². The van der Waals surface area contributed by atoms with Crippen LogP contribution in [0.25, 0.3) is 11.0 Å². The van der Waals surface area contributed by atoms with Crippen molar-refractivity contribution >= 4 is 11.0 Å². The molecule has 0 amide bonds. The van der Waals surface area contributed by atoms with Crippen LogP contribution in [0.3, 0.4) is 0 Å². The molecule has 0 aliphatic carbocycles. The molecular weight excluding hydrogens is 364 g/mol. The number of aliphatic hydroxyl groups is 1. The summed E-state index contributed by atoms with van der Waals surface area (Å²) >= 11 is 0. The summed E-state index contributed by atoms with van der Waals surface area (Å²) in [7, 11) is 1.64. The van der Waals surface area contributed by atoms with Crippen molar-refractivity contribution in [3.63, 3.8) is 0 Å². The number of aliphatic hydroxyl groups excluding tert-OH is 1. The first kappa shape index (κ1) is 19.0. The molecule has 4 rings (SSSR count). The van der Waals surface area contributed by atoms with Gasteiger partial charge in [-0.2, -0.15) is 4.73 Å². The number of para-hydroxylation sites is 2. The van der Waals surface area contributed by atoms with Crippen LogP contribution in [0, 0.1) is 0 Å². The number of methoxy groups -OCH3 is 1. The molecule has 0 unspecified atom stereocenters. The minimum absolute atomic E-state index is 0.166. The van der Waals surface area contributed by atoms with Gasteiger partial charge < -0.3 is 14.7 Å². The van der Waals surface area contributed by atoms with Crippen molar-refractivity contribution in [3.05, 3.63) is 95.8 Å². The van der Waals surface area contributed by atoms with Crippen molar-refractivity contribution in [2.75, 3.05) is 13.7 Å². The molecule has 1 aromatic heterocycles. The molecule has 1 N–H and O–H groups in total. The summed E-state index contributed by atoms with van der Waals surface area (Å²) in [5.41, 5.74) is 3.93. The lowest BCUT2D eigenvalue weighted by atomic mass is 10.1. The quantitative estimate of drug-likeness (QED) is 0.500. The van der Waals surface area contributed by atoms with Gasteiger partial charge in [0.05, 0.1) is 18.7 Å². The van der Waals surface area contributed by atoms with E-state index in [1.165, 1.54) is 0 Å². The summed E-state index contributed by atoms with van der Waals surface area (Å²) in [6.45, 7) is 0.166. The Morgan fingerprint density at radius 1 is 0.931 bits per heavy atom. The minimum atomic E-state index is -0.646. The lowest BCUT2D eigenvalue weighted by Gasteiger charge is -2.15. The van der Waals surface area contributed by atoms with Crippen molar-refractivity contribution in [3.8, 4) is 5.75 Å². The van der Waals surface area contributed by atoms with E-state index in [2.05, 4.69) is 12.1 Å². The van der Waals surface area contributed by atoms with E-state index in [9.17, 15) is 5.11 Å². The summed E-state index contributed by atoms with van der Waals surface area (Å²) < 4.78 is 7.00. The van der Waals surface area contributed by atoms with Gasteiger partial charge >= 0.3 is 0 Å². The van der Waals surface area contributed by atoms with Crippen LogP contribution < -0.4 is 9.57 Å². The molecule has 0 aliphatic heterocycles. The number of hydrogen-bond acceptors (Lipinski definition) is 4. The number of ether oxygens (including phenoxy) is 1. The molecule has 0 spiro atoms. The Balaban J connectivity index is 1.51. The molecule has 0 fully saturated rings. The molecule has 1 heterocycles. The third-order valence-electron chi connectivity index (χ3n) is 4.79. The van der Waals surface area contributed by atoms with Crippen LogP contribution in [0.5, 0.6) is 5.75 Å². The molecule has 5 nitrogen and oxygen atoms in total. The number of rotatable bonds is 8. The van der Waals surface area contributed by atoms with Gasteiger partial charge in [-0.3, -0.25) is 0 Å². The molecule has 0 aliphatic rings. The molecule has 148 valence electrons. The Hall–Kier alpha value is -3.31. The minimum Gasteiger partial charge on any atom is -0.497 e. The molecule has 29 heavy (non-hydrogen) atoms. The molecule has 0 radical (unpaired) electrons. The first-order valence-corrected chi connectivity index (χ1v) is 9.67. The highest BCUT2D eigenvalue weighted by molar-refractivity contribution is 5.75. The maximum Gasteiger partial charge on any atom is 0.150 e. The van der Waals surface area contributed by atoms with E-state index in [0.717, 1.165) is 33.7 Å². The Kier molecular flexibility index (Phi) is 5.77. The van der Waals surface area contributed by atoms with Crippen LogP contribution in [0.1, 0.15) is 17.0 Å². The van der Waals surface area contributed by atoms with Crippen molar-refractivity contribution in [1.29, 1.82) is 0 Å². The average molecular weight is 388 g/mol. The van der Waals surface area contributed by atoms with E-state index in [1.54, 1.807) is 11.8 Å². The second-order valence-corrected chi connectivity index (χ2v) is 6.98. The van der Waals surface area contributed by atoms with Crippen LogP contribution in [-0.4, -0.2) is 34.6 Å². The summed E-state index contributed by atoms with van der Waals surface area (Å²) in [6.07, 6.45) is 0.493. The van der Waals surface area contributed by atoms with E-state index >= 15 is 0 Å². The summed E-state index contributed by atoms with van der Waals surface area (Å²) in [6, 6.07) is 25.7. The van der Waals surface area contributed by atoms with Crippen LogP contribution in [-0.2, 0) is 12.8 Å². The zero-order valence-corrected chi connectivity index (χ0v) is 16.4. The average Bonchev–Trinajstić information content (AvgIpc) is 3.10. The van der Waals surface area contributed by atoms with E-state index in [4.69, 9.17) is 14.6 Å². The summed E-state index contributed by atoms with van der Waals surface area (Å²) in [5, 5.41) is 10.5. The zero-order chi connectivity index (χ0) is 20.1. The third-order valence-corrected chi connectivity index (χ3v) is 4.79. The van der Waals surface area contributed by atoms with E-state index in [0.29, 0.717) is 12.8 Å². The highest BCUT2D eigenvalue weighted by Crippen LogP contribution is 2.18. The number of aromatic nitrogens is 2. The standard InChI is InChI=1S/C24H24N2O3/c1-28-21-11-7-10-19(15-21)14-20(27)17-29-26-23-13-6-5-12-22(23)25-24(26)16-18-8-3-2-4-9-18/h2-13,15,20,27H,14,16-17H2,1H3/t20-/m0/s1. The summed E-state index contributed by atoms with van der Waals surface area (Å²) in [4.78, 5) is 10.8. The SMILES string of the molecule is COc1cccc(C[C@H](O)COn2c(Cc3ccccc3)nc3ccccc32)c1. The lowest BCUT2D eigenvalue weighted by Crippen LogP contribution is -2.26. The number of hydrogen-bond donors (Lipinski definition) is 1. The van der Waals surface area contributed by atoms with Gasteiger partial charge in [0.2, 0.25) is 0 Å². The predicted octanol–water partition coefficient (Wildman–Crippen LogP) is 3.67. The van der Waals surface area contributed by atoms with Gasteiger partial charge in [-0.05, 0) is 35.4 Å². The topological polar surface area (TPSA) is 56.5 Å². The van der Waals surface area contributed by atoms with E-state index in [1.807, 2.05) is 66.7 Å². The van der Waals surface area contributed by atoms with Crippen LogP contribution in [0.4, 0.5) is 0 Å². The smallest absolute Gasteiger partial charge is 0.150 e. The van der Waals surface area contributed by atoms with Crippen LogP contribution >= 0.6 is 0 Å². The second kappa shape index (κ2) is 8.80. The number of imidazole rings is 1. The van der Waals surface area contributed by atoms with Gasteiger partial charge in [-0.15, -0.1) is 0 Å². The molecule has 0 saturated heterocycles. The second-order valence-electron chi connectivity index (χ2n) is 6.98. The predicted molar refractivity (Wildman–Crippen MR) is 113 cm³/mol.